The zero-order valence-corrected chi connectivity index (χ0v) is 19.7. The fraction of sp³-hybridized carbons (Fsp3) is 0.600. The fourth-order valence-corrected chi connectivity index (χ4v) is 3.35. The predicted octanol–water partition coefficient (Wildman–Crippen LogP) is 2.57. The molecule has 0 saturated carbocycles. The number of guanidine groups is 1. The Morgan fingerprint density at radius 3 is 2.54 bits per heavy atom. The Morgan fingerprint density at radius 1 is 1.21 bits per heavy atom. The average molecular weight is 505 g/mol. The Kier molecular flexibility index (Phi) is 10.4. The largest absolute Gasteiger partial charge is 0.493 e. The van der Waals surface area contributed by atoms with Crippen LogP contribution in [0.3, 0.4) is 0 Å². The summed E-state index contributed by atoms with van der Waals surface area (Å²) in [5, 5.41) is 3.33. The zero-order valence-electron chi connectivity index (χ0n) is 17.4. The van der Waals surface area contributed by atoms with Gasteiger partial charge in [-0.2, -0.15) is 0 Å². The van der Waals surface area contributed by atoms with E-state index in [1.807, 2.05) is 25.1 Å². The first kappa shape index (κ1) is 24.3. The van der Waals surface area contributed by atoms with E-state index in [9.17, 15) is 4.79 Å². The Balaban J connectivity index is 0.00000392. The Labute approximate surface area is 184 Å². The van der Waals surface area contributed by atoms with E-state index in [0.29, 0.717) is 13.1 Å². The molecule has 2 atom stereocenters. The molecule has 0 amide bonds. The lowest BCUT2D eigenvalue weighted by Gasteiger charge is -2.21. The minimum atomic E-state index is -0.147. The normalized spacial score (nSPS) is 19.0. The number of rotatable bonds is 7. The number of methoxy groups -OCH3 is 3. The van der Waals surface area contributed by atoms with E-state index < -0.39 is 0 Å². The van der Waals surface area contributed by atoms with Gasteiger partial charge >= 0.3 is 5.97 Å². The van der Waals surface area contributed by atoms with Crippen LogP contribution in [0.1, 0.15) is 19.4 Å². The number of likely N-dealkylation sites (tertiary alicyclic amines) is 1. The highest BCUT2D eigenvalue weighted by molar-refractivity contribution is 14.0. The standard InChI is InChI=1S/C20H31N3O4.HI/c1-6-21-20(23-12-14(2)16(13-23)19(24)27-5)22-10-9-15-7-8-17(25-3)18(11-15)26-4;/h7-8,11,14,16H,6,9-10,12-13H2,1-5H3,(H,21,22);1H. The van der Waals surface area contributed by atoms with Crippen LogP contribution < -0.4 is 14.8 Å². The summed E-state index contributed by atoms with van der Waals surface area (Å²) in [6.07, 6.45) is 0.791. The van der Waals surface area contributed by atoms with Gasteiger partial charge in [0.05, 0.1) is 27.2 Å². The number of halogens is 1. The topological polar surface area (TPSA) is 72.4 Å². The molecular formula is C20H32IN3O4. The number of esters is 1. The quantitative estimate of drug-likeness (QED) is 0.266. The van der Waals surface area contributed by atoms with Crippen molar-refractivity contribution in [3.8, 4) is 11.5 Å². The van der Waals surface area contributed by atoms with Gasteiger partial charge in [-0.05, 0) is 37.0 Å². The van der Waals surface area contributed by atoms with Gasteiger partial charge in [-0.3, -0.25) is 9.79 Å². The van der Waals surface area contributed by atoms with Gasteiger partial charge in [-0.1, -0.05) is 13.0 Å². The third-order valence-electron chi connectivity index (χ3n) is 4.86. The van der Waals surface area contributed by atoms with Crippen molar-refractivity contribution in [2.75, 3.05) is 47.5 Å². The van der Waals surface area contributed by atoms with Crippen molar-refractivity contribution < 1.29 is 19.0 Å². The number of carbonyl (C=O) groups is 1. The van der Waals surface area contributed by atoms with Crippen LogP contribution in [0.4, 0.5) is 0 Å². The molecule has 1 aromatic carbocycles. The van der Waals surface area contributed by atoms with Gasteiger partial charge in [0.15, 0.2) is 17.5 Å². The van der Waals surface area contributed by atoms with E-state index in [1.165, 1.54) is 7.11 Å². The second-order valence-electron chi connectivity index (χ2n) is 6.69. The molecule has 2 rings (SSSR count). The maximum Gasteiger partial charge on any atom is 0.310 e. The van der Waals surface area contributed by atoms with Gasteiger partial charge in [0.2, 0.25) is 0 Å². The number of ether oxygens (including phenoxy) is 3. The Morgan fingerprint density at radius 2 is 1.93 bits per heavy atom. The van der Waals surface area contributed by atoms with E-state index in [4.69, 9.17) is 19.2 Å². The van der Waals surface area contributed by atoms with Crippen molar-refractivity contribution in [3.05, 3.63) is 23.8 Å². The summed E-state index contributed by atoms with van der Waals surface area (Å²) in [7, 11) is 4.71. The third kappa shape index (κ3) is 6.15. The molecule has 8 heteroatoms. The molecule has 158 valence electrons. The molecule has 1 aliphatic rings. The highest BCUT2D eigenvalue weighted by Gasteiger charge is 2.36. The van der Waals surface area contributed by atoms with E-state index >= 15 is 0 Å². The number of hydrogen-bond donors (Lipinski definition) is 1. The summed E-state index contributed by atoms with van der Waals surface area (Å²) in [5.74, 6) is 2.28. The van der Waals surface area contributed by atoms with Gasteiger partial charge in [0, 0.05) is 26.2 Å². The first-order chi connectivity index (χ1) is 13.0. The number of benzene rings is 1. The van der Waals surface area contributed by atoms with E-state index in [2.05, 4.69) is 17.1 Å². The van der Waals surface area contributed by atoms with Crippen LogP contribution in [-0.4, -0.2) is 64.3 Å². The molecule has 1 heterocycles. The lowest BCUT2D eigenvalue weighted by molar-refractivity contribution is -0.145. The number of hydrogen-bond acceptors (Lipinski definition) is 5. The molecule has 0 aliphatic carbocycles. The molecule has 28 heavy (non-hydrogen) atoms. The van der Waals surface area contributed by atoms with E-state index in [0.717, 1.165) is 42.5 Å². The molecule has 1 N–H and O–H groups in total. The monoisotopic (exact) mass is 505 g/mol. The number of aliphatic imine (C=N–C) groups is 1. The maximum absolute atomic E-state index is 11.9. The van der Waals surface area contributed by atoms with Crippen molar-refractivity contribution >= 4 is 35.9 Å². The Bertz CT molecular complexity index is 669. The third-order valence-corrected chi connectivity index (χ3v) is 4.86. The lowest BCUT2D eigenvalue weighted by Crippen LogP contribution is -2.40. The Hall–Kier alpha value is -1.71. The smallest absolute Gasteiger partial charge is 0.310 e. The van der Waals surface area contributed by atoms with Crippen LogP contribution in [0.25, 0.3) is 0 Å². The fourth-order valence-electron chi connectivity index (χ4n) is 3.35. The van der Waals surface area contributed by atoms with Gasteiger partial charge in [0.25, 0.3) is 0 Å². The van der Waals surface area contributed by atoms with Crippen LogP contribution >= 0.6 is 24.0 Å². The van der Waals surface area contributed by atoms with Crippen molar-refractivity contribution in [1.29, 1.82) is 0 Å². The number of carbonyl (C=O) groups excluding carboxylic acids is 1. The summed E-state index contributed by atoms with van der Waals surface area (Å²) in [4.78, 5) is 18.8. The van der Waals surface area contributed by atoms with E-state index in [1.54, 1.807) is 14.2 Å². The average Bonchev–Trinajstić information content (AvgIpc) is 3.08. The molecule has 2 unspecified atom stereocenters. The molecular weight excluding hydrogens is 473 g/mol. The SMILES string of the molecule is CCNC(=NCCc1ccc(OC)c(OC)c1)N1CC(C)C(C(=O)OC)C1.I. The molecule has 7 nitrogen and oxygen atoms in total. The zero-order chi connectivity index (χ0) is 19.8. The minimum absolute atomic E-state index is 0. The first-order valence-electron chi connectivity index (χ1n) is 9.36. The highest BCUT2D eigenvalue weighted by atomic mass is 127. The van der Waals surface area contributed by atoms with Gasteiger partial charge < -0.3 is 24.4 Å². The molecule has 0 aromatic heterocycles. The highest BCUT2D eigenvalue weighted by Crippen LogP contribution is 2.28. The molecule has 1 aromatic rings. The maximum atomic E-state index is 11.9. The minimum Gasteiger partial charge on any atom is -0.493 e. The van der Waals surface area contributed by atoms with Crippen molar-refractivity contribution in [3.63, 3.8) is 0 Å². The first-order valence-corrected chi connectivity index (χ1v) is 9.36. The van der Waals surface area contributed by atoms with Gasteiger partial charge in [-0.25, -0.2) is 0 Å². The molecule has 0 radical (unpaired) electrons. The number of nitrogens with zero attached hydrogens (tertiary/aromatic N) is 2. The molecule has 1 fully saturated rings. The summed E-state index contributed by atoms with van der Waals surface area (Å²) < 4.78 is 15.6. The molecule has 1 aliphatic heterocycles. The van der Waals surface area contributed by atoms with Crippen molar-refractivity contribution in [1.82, 2.24) is 10.2 Å². The predicted molar refractivity (Wildman–Crippen MR) is 121 cm³/mol. The lowest BCUT2D eigenvalue weighted by atomic mass is 9.99. The van der Waals surface area contributed by atoms with Gasteiger partial charge in [-0.15, -0.1) is 24.0 Å². The summed E-state index contributed by atoms with van der Waals surface area (Å²) >= 11 is 0. The van der Waals surface area contributed by atoms with Crippen LogP contribution in [0.5, 0.6) is 11.5 Å². The summed E-state index contributed by atoms with van der Waals surface area (Å²) in [5.41, 5.74) is 1.13. The summed E-state index contributed by atoms with van der Waals surface area (Å²) in [6, 6.07) is 5.91. The molecule has 0 spiro atoms. The van der Waals surface area contributed by atoms with Gasteiger partial charge in [0.1, 0.15) is 0 Å². The number of nitrogens with one attached hydrogen (secondary N) is 1. The van der Waals surface area contributed by atoms with Crippen LogP contribution in [0.15, 0.2) is 23.2 Å². The van der Waals surface area contributed by atoms with Crippen LogP contribution in [0.2, 0.25) is 0 Å². The summed E-state index contributed by atoms with van der Waals surface area (Å²) in [6.45, 7) is 6.97. The van der Waals surface area contributed by atoms with Crippen LogP contribution in [-0.2, 0) is 16.0 Å². The van der Waals surface area contributed by atoms with Crippen molar-refractivity contribution in [2.24, 2.45) is 16.8 Å². The second kappa shape index (κ2) is 12.0. The van der Waals surface area contributed by atoms with E-state index in [-0.39, 0.29) is 41.8 Å². The molecule has 0 bridgehead atoms. The van der Waals surface area contributed by atoms with Crippen molar-refractivity contribution in [2.45, 2.75) is 20.3 Å². The van der Waals surface area contributed by atoms with Crippen LogP contribution in [0, 0.1) is 11.8 Å². The second-order valence-corrected chi connectivity index (χ2v) is 6.69. The molecule has 1 saturated heterocycles.